The van der Waals surface area contributed by atoms with Crippen LogP contribution in [0.1, 0.15) is 47.4 Å². The van der Waals surface area contributed by atoms with Gasteiger partial charge in [-0.1, -0.05) is 30.3 Å². The van der Waals surface area contributed by atoms with Crippen LogP contribution in [0.3, 0.4) is 0 Å². The number of carbonyl (C=O) groups is 1. The summed E-state index contributed by atoms with van der Waals surface area (Å²) in [6.07, 6.45) is 2.07. The molecule has 1 aromatic carbocycles. The number of likely N-dealkylation sites (tertiary alicyclic amines) is 1. The summed E-state index contributed by atoms with van der Waals surface area (Å²) in [6, 6.07) is 10.4. The van der Waals surface area contributed by atoms with E-state index in [1.54, 1.807) is 0 Å². The van der Waals surface area contributed by atoms with E-state index < -0.39 is 0 Å². The number of rotatable bonds is 3. The number of nitrogens with zero attached hydrogens (tertiary/aromatic N) is 3. The summed E-state index contributed by atoms with van der Waals surface area (Å²) in [5.41, 5.74) is 11.1. The summed E-state index contributed by atoms with van der Waals surface area (Å²) in [4.78, 5) is 15.6. The minimum absolute atomic E-state index is 0.0149. The Morgan fingerprint density at radius 3 is 2.69 bits per heavy atom. The fourth-order valence-corrected chi connectivity index (χ4v) is 4.52. The second kappa shape index (κ2) is 6.85. The Kier molecular flexibility index (Phi) is 4.54. The van der Waals surface area contributed by atoms with Crippen molar-refractivity contribution in [3.63, 3.8) is 0 Å². The molecule has 4 rings (SSSR count). The number of hydrazine groups is 1. The first-order valence-corrected chi connectivity index (χ1v) is 9.42. The molecule has 0 spiro atoms. The number of benzene rings is 1. The van der Waals surface area contributed by atoms with Crippen LogP contribution in [0, 0.1) is 19.8 Å². The van der Waals surface area contributed by atoms with E-state index in [2.05, 4.69) is 46.8 Å². The molecule has 2 N–H and O–H groups in total. The second-order valence-electron chi connectivity index (χ2n) is 7.42. The third kappa shape index (κ3) is 2.83. The molecular formula is C20H27N5O. The Bertz CT molecular complexity index is 800. The SMILES string of the molecule is Cc1nn(C)c(C)c1C1CCCN1C(=O)C1CNNC1c1ccccc1. The van der Waals surface area contributed by atoms with Crippen molar-refractivity contribution in [1.29, 1.82) is 0 Å². The average molecular weight is 353 g/mol. The normalized spacial score (nSPS) is 25.8. The highest BCUT2D eigenvalue weighted by Gasteiger charge is 2.41. The van der Waals surface area contributed by atoms with Crippen LogP contribution in [0.2, 0.25) is 0 Å². The van der Waals surface area contributed by atoms with Gasteiger partial charge in [0.1, 0.15) is 0 Å². The van der Waals surface area contributed by atoms with Gasteiger partial charge in [-0.3, -0.25) is 14.9 Å². The molecule has 138 valence electrons. The van der Waals surface area contributed by atoms with Crippen molar-refractivity contribution in [2.24, 2.45) is 13.0 Å². The predicted octanol–water partition coefficient (Wildman–Crippen LogP) is 2.17. The highest BCUT2D eigenvalue weighted by Crippen LogP contribution is 2.38. The van der Waals surface area contributed by atoms with Crippen LogP contribution >= 0.6 is 0 Å². The fraction of sp³-hybridized carbons (Fsp3) is 0.500. The Morgan fingerprint density at radius 2 is 2.00 bits per heavy atom. The summed E-state index contributed by atoms with van der Waals surface area (Å²) in [5.74, 6) is 0.150. The van der Waals surface area contributed by atoms with E-state index in [-0.39, 0.29) is 23.9 Å². The zero-order chi connectivity index (χ0) is 18.3. The van der Waals surface area contributed by atoms with Gasteiger partial charge in [0.25, 0.3) is 0 Å². The maximum Gasteiger partial charge on any atom is 0.229 e. The summed E-state index contributed by atoms with van der Waals surface area (Å²) in [6.45, 7) is 5.64. The molecule has 0 radical (unpaired) electrons. The first-order chi connectivity index (χ1) is 12.6. The Morgan fingerprint density at radius 1 is 1.23 bits per heavy atom. The highest BCUT2D eigenvalue weighted by atomic mass is 16.2. The number of carbonyl (C=O) groups excluding carboxylic acids is 1. The molecule has 0 bridgehead atoms. The zero-order valence-corrected chi connectivity index (χ0v) is 15.7. The van der Waals surface area contributed by atoms with Crippen molar-refractivity contribution >= 4 is 5.91 Å². The fourth-order valence-electron chi connectivity index (χ4n) is 4.52. The second-order valence-corrected chi connectivity index (χ2v) is 7.42. The maximum atomic E-state index is 13.5. The van der Waals surface area contributed by atoms with E-state index in [9.17, 15) is 4.79 Å². The topological polar surface area (TPSA) is 62.2 Å². The molecule has 2 aromatic rings. The molecular weight excluding hydrogens is 326 g/mol. The van der Waals surface area contributed by atoms with E-state index in [0.717, 1.165) is 36.3 Å². The van der Waals surface area contributed by atoms with Gasteiger partial charge in [-0.25, -0.2) is 5.43 Å². The highest BCUT2D eigenvalue weighted by molar-refractivity contribution is 5.81. The lowest BCUT2D eigenvalue weighted by Gasteiger charge is -2.29. The molecule has 2 aliphatic rings. The van der Waals surface area contributed by atoms with Crippen molar-refractivity contribution in [3.05, 3.63) is 52.8 Å². The number of amides is 1. The molecule has 1 amide bonds. The molecule has 0 saturated carbocycles. The summed E-state index contributed by atoms with van der Waals surface area (Å²) >= 11 is 0. The molecule has 3 heterocycles. The molecule has 2 aliphatic heterocycles. The van der Waals surface area contributed by atoms with E-state index >= 15 is 0 Å². The van der Waals surface area contributed by atoms with E-state index in [0.29, 0.717) is 6.54 Å². The third-order valence-corrected chi connectivity index (χ3v) is 5.89. The van der Waals surface area contributed by atoms with Crippen molar-refractivity contribution in [2.75, 3.05) is 13.1 Å². The maximum absolute atomic E-state index is 13.5. The Balaban J connectivity index is 1.61. The molecule has 3 atom stereocenters. The van der Waals surface area contributed by atoms with Gasteiger partial charge in [0, 0.05) is 31.4 Å². The van der Waals surface area contributed by atoms with Gasteiger partial charge in [0.2, 0.25) is 5.91 Å². The lowest BCUT2D eigenvalue weighted by Crippen LogP contribution is -2.39. The lowest BCUT2D eigenvalue weighted by atomic mass is 9.93. The van der Waals surface area contributed by atoms with Crippen LogP contribution in [0.15, 0.2) is 30.3 Å². The number of hydrogen-bond acceptors (Lipinski definition) is 4. The predicted molar refractivity (Wildman–Crippen MR) is 100 cm³/mol. The van der Waals surface area contributed by atoms with Crippen molar-refractivity contribution in [2.45, 2.75) is 38.8 Å². The van der Waals surface area contributed by atoms with Crippen LogP contribution in [0.5, 0.6) is 0 Å². The first-order valence-electron chi connectivity index (χ1n) is 9.42. The zero-order valence-electron chi connectivity index (χ0n) is 15.7. The standard InChI is InChI=1S/C20H27N5O/c1-13-18(14(2)24(3)23-13)17-10-7-11-25(17)20(26)16-12-21-22-19(16)15-8-5-4-6-9-15/h4-6,8-9,16-17,19,21-22H,7,10-12H2,1-3H3. The number of aryl methyl sites for hydroxylation is 2. The van der Waals surface area contributed by atoms with Gasteiger partial charge in [0.15, 0.2) is 0 Å². The molecule has 6 nitrogen and oxygen atoms in total. The third-order valence-electron chi connectivity index (χ3n) is 5.89. The molecule has 6 heteroatoms. The van der Waals surface area contributed by atoms with Crippen LogP contribution in [-0.4, -0.2) is 33.7 Å². The van der Waals surface area contributed by atoms with Gasteiger partial charge >= 0.3 is 0 Å². The number of nitrogens with one attached hydrogen (secondary N) is 2. The molecule has 1 aromatic heterocycles. The Labute approximate surface area is 154 Å². The molecule has 26 heavy (non-hydrogen) atoms. The van der Waals surface area contributed by atoms with Crippen LogP contribution < -0.4 is 10.9 Å². The molecule has 3 unspecified atom stereocenters. The van der Waals surface area contributed by atoms with Crippen molar-refractivity contribution in [3.8, 4) is 0 Å². The summed E-state index contributed by atoms with van der Waals surface area (Å²) in [5, 5.41) is 4.56. The number of hydrogen-bond donors (Lipinski definition) is 2. The smallest absolute Gasteiger partial charge is 0.229 e. The Hall–Kier alpha value is -2.18. The van der Waals surface area contributed by atoms with Gasteiger partial charge in [-0.05, 0) is 32.3 Å². The van der Waals surface area contributed by atoms with Gasteiger partial charge < -0.3 is 4.90 Å². The van der Waals surface area contributed by atoms with E-state index in [1.165, 1.54) is 5.56 Å². The monoisotopic (exact) mass is 353 g/mol. The van der Waals surface area contributed by atoms with Crippen LogP contribution in [0.4, 0.5) is 0 Å². The van der Waals surface area contributed by atoms with Crippen molar-refractivity contribution < 1.29 is 4.79 Å². The van der Waals surface area contributed by atoms with Crippen molar-refractivity contribution in [1.82, 2.24) is 25.5 Å². The van der Waals surface area contributed by atoms with Crippen LogP contribution in [0.25, 0.3) is 0 Å². The van der Waals surface area contributed by atoms with Gasteiger partial charge in [-0.15, -0.1) is 0 Å². The van der Waals surface area contributed by atoms with E-state index in [4.69, 9.17) is 0 Å². The van der Waals surface area contributed by atoms with Gasteiger partial charge in [0.05, 0.1) is 23.7 Å². The molecule has 2 saturated heterocycles. The van der Waals surface area contributed by atoms with Crippen LogP contribution in [-0.2, 0) is 11.8 Å². The largest absolute Gasteiger partial charge is 0.335 e. The quantitative estimate of drug-likeness (QED) is 0.888. The lowest BCUT2D eigenvalue weighted by molar-refractivity contribution is -0.136. The first kappa shape index (κ1) is 17.2. The van der Waals surface area contributed by atoms with E-state index in [1.807, 2.05) is 29.9 Å². The molecule has 0 aliphatic carbocycles. The minimum Gasteiger partial charge on any atom is -0.335 e. The minimum atomic E-state index is -0.0877. The summed E-state index contributed by atoms with van der Waals surface area (Å²) < 4.78 is 1.93. The van der Waals surface area contributed by atoms with Gasteiger partial charge in [-0.2, -0.15) is 5.10 Å². The number of aromatic nitrogens is 2. The average Bonchev–Trinajstić information content (AvgIpc) is 3.36. The molecule has 2 fully saturated rings. The summed E-state index contributed by atoms with van der Waals surface area (Å²) in [7, 11) is 1.98.